The number of hydrogen-bond donors (Lipinski definition) is 0. The molecule has 1 atom stereocenters. The average molecular weight is 272 g/mol. The molecule has 0 aliphatic rings. The van der Waals surface area contributed by atoms with E-state index < -0.39 is 0 Å². The fourth-order valence-electron chi connectivity index (χ4n) is 1.37. The Kier molecular flexibility index (Phi) is 12.3. The Balaban J connectivity index is 0. The van der Waals surface area contributed by atoms with Gasteiger partial charge in [-0.3, -0.25) is 0 Å². The Morgan fingerprint density at radius 3 is 2.16 bits per heavy atom. The van der Waals surface area contributed by atoms with Crippen LogP contribution in [0.15, 0.2) is 12.4 Å². The second-order valence-electron chi connectivity index (χ2n) is 4.15. The van der Waals surface area contributed by atoms with Crippen LogP contribution in [0.1, 0.15) is 31.3 Å². The smallest absolute Gasteiger partial charge is 0.157 e. The van der Waals surface area contributed by atoms with Gasteiger partial charge in [0.1, 0.15) is 12.9 Å². The number of rotatable bonds is 6. The lowest BCUT2D eigenvalue weighted by molar-refractivity contribution is -0.0979. The first-order valence-corrected chi connectivity index (χ1v) is 5.83. The fraction of sp³-hybridized carbons (Fsp3) is 0.615. The van der Waals surface area contributed by atoms with Gasteiger partial charge in [0.25, 0.3) is 0 Å². The molecular formula is C13H24N2O4. The largest absolute Gasteiger partial charge is 0.412 e. The number of aryl methyl sites for hydroxylation is 1. The van der Waals surface area contributed by atoms with E-state index in [1.807, 2.05) is 26.1 Å². The highest BCUT2D eigenvalue weighted by Crippen LogP contribution is 2.22. The Morgan fingerprint density at radius 2 is 1.74 bits per heavy atom. The lowest BCUT2D eigenvalue weighted by atomic mass is 10.1. The summed E-state index contributed by atoms with van der Waals surface area (Å²) in [7, 11) is 1.66. The topological polar surface area (TPSA) is 92.8 Å². The van der Waals surface area contributed by atoms with Crippen LogP contribution in [-0.4, -0.2) is 42.6 Å². The van der Waals surface area contributed by atoms with E-state index >= 15 is 0 Å². The highest BCUT2D eigenvalue weighted by atomic mass is 16.5. The van der Waals surface area contributed by atoms with Crippen LogP contribution in [0, 0.1) is 12.8 Å². The van der Waals surface area contributed by atoms with Gasteiger partial charge in [-0.1, -0.05) is 13.8 Å². The molecule has 2 N–H and O–H groups in total. The SMILES string of the molecule is C=O.COCCO[C@H](c1ncc(C)cn1)C(C)C.O. The molecule has 0 aliphatic carbocycles. The first-order valence-electron chi connectivity index (χ1n) is 5.83. The molecule has 6 nitrogen and oxygen atoms in total. The van der Waals surface area contributed by atoms with E-state index in [0.717, 1.165) is 11.4 Å². The van der Waals surface area contributed by atoms with Crippen molar-refractivity contribution in [1.82, 2.24) is 9.97 Å². The third-order valence-corrected chi connectivity index (χ3v) is 2.25. The lowest BCUT2D eigenvalue weighted by Gasteiger charge is -2.19. The summed E-state index contributed by atoms with van der Waals surface area (Å²) in [6.45, 7) is 9.33. The van der Waals surface area contributed by atoms with Crippen molar-refractivity contribution < 1.29 is 19.7 Å². The van der Waals surface area contributed by atoms with Crippen LogP contribution in [-0.2, 0) is 14.3 Å². The summed E-state index contributed by atoms with van der Waals surface area (Å²) in [5.74, 6) is 1.09. The predicted octanol–water partition coefficient (Wildman–Crippen LogP) is 1.14. The number of methoxy groups -OCH3 is 1. The second kappa shape index (κ2) is 11.7. The molecule has 0 unspecified atom stereocenters. The van der Waals surface area contributed by atoms with Crippen LogP contribution in [0.4, 0.5) is 0 Å². The van der Waals surface area contributed by atoms with Crippen LogP contribution < -0.4 is 0 Å². The molecule has 6 heteroatoms. The minimum absolute atomic E-state index is 0. The maximum Gasteiger partial charge on any atom is 0.157 e. The van der Waals surface area contributed by atoms with Crippen LogP contribution in [0.2, 0.25) is 0 Å². The summed E-state index contributed by atoms with van der Waals surface area (Å²) in [4.78, 5) is 16.6. The Hall–Kier alpha value is -1.37. The standard InChI is InChI=1S/C12H20N2O2.CH2O.H2O/c1-9(2)11(16-6-5-15-4)12-13-7-10(3)8-14-12;1-2;/h7-9,11H,5-6H2,1-4H3;1H2;1H2/t11-;;/m0../s1. The van der Waals surface area contributed by atoms with E-state index in [1.165, 1.54) is 0 Å². The van der Waals surface area contributed by atoms with Gasteiger partial charge in [0, 0.05) is 19.5 Å². The molecule has 0 aliphatic heterocycles. The molecule has 1 aromatic heterocycles. The number of carbonyl (C=O) groups is 1. The van der Waals surface area contributed by atoms with Gasteiger partial charge < -0.3 is 19.7 Å². The zero-order valence-electron chi connectivity index (χ0n) is 12.0. The molecule has 0 fully saturated rings. The predicted molar refractivity (Wildman–Crippen MR) is 72.9 cm³/mol. The molecule has 0 radical (unpaired) electrons. The van der Waals surface area contributed by atoms with E-state index in [-0.39, 0.29) is 11.6 Å². The van der Waals surface area contributed by atoms with Crippen molar-refractivity contribution in [2.24, 2.45) is 5.92 Å². The molecule has 0 amide bonds. The van der Waals surface area contributed by atoms with Crippen LogP contribution in [0.25, 0.3) is 0 Å². The monoisotopic (exact) mass is 272 g/mol. The minimum Gasteiger partial charge on any atom is -0.412 e. The molecule has 110 valence electrons. The van der Waals surface area contributed by atoms with Gasteiger partial charge >= 0.3 is 0 Å². The van der Waals surface area contributed by atoms with E-state index in [0.29, 0.717) is 19.1 Å². The maximum atomic E-state index is 8.00. The quantitative estimate of drug-likeness (QED) is 0.724. The number of aromatic nitrogens is 2. The fourth-order valence-corrected chi connectivity index (χ4v) is 1.37. The highest BCUT2D eigenvalue weighted by Gasteiger charge is 2.18. The van der Waals surface area contributed by atoms with Gasteiger partial charge in [-0.25, -0.2) is 9.97 Å². The van der Waals surface area contributed by atoms with E-state index in [4.69, 9.17) is 14.3 Å². The second-order valence-corrected chi connectivity index (χ2v) is 4.15. The van der Waals surface area contributed by atoms with Crippen molar-refractivity contribution in [1.29, 1.82) is 0 Å². The molecule has 1 rings (SSSR count). The van der Waals surface area contributed by atoms with Gasteiger partial charge in [-0.05, 0) is 18.4 Å². The molecule has 0 bridgehead atoms. The van der Waals surface area contributed by atoms with Crippen LogP contribution in [0.3, 0.4) is 0 Å². The molecule has 1 heterocycles. The summed E-state index contributed by atoms with van der Waals surface area (Å²) in [6, 6.07) is 0. The lowest BCUT2D eigenvalue weighted by Crippen LogP contribution is -2.16. The first-order chi connectivity index (χ1) is 8.65. The zero-order valence-corrected chi connectivity index (χ0v) is 12.0. The molecule has 1 aromatic rings. The Labute approximate surface area is 114 Å². The normalized spacial score (nSPS) is 11.2. The number of ether oxygens (including phenoxy) is 2. The van der Waals surface area contributed by atoms with Crippen molar-refractivity contribution >= 4 is 6.79 Å². The summed E-state index contributed by atoms with van der Waals surface area (Å²) in [5, 5.41) is 0. The van der Waals surface area contributed by atoms with Gasteiger partial charge in [-0.2, -0.15) is 0 Å². The summed E-state index contributed by atoms with van der Waals surface area (Å²) >= 11 is 0. The Morgan fingerprint density at radius 1 is 1.21 bits per heavy atom. The van der Waals surface area contributed by atoms with Crippen molar-refractivity contribution in [3.8, 4) is 0 Å². The molecule has 0 saturated heterocycles. The third-order valence-electron chi connectivity index (χ3n) is 2.25. The van der Waals surface area contributed by atoms with Gasteiger partial charge in [0.05, 0.1) is 13.2 Å². The summed E-state index contributed by atoms with van der Waals surface area (Å²) < 4.78 is 10.7. The van der Waals surface area contributed by atoms with Crippen molar-refractivity contribution in [2.45, 2.75) is 26.9 Å². The average Bonchev–Trinajstić information content (AvgIpc) is 2.38. The number of carbonyl (C=O) groups excluding carboxylic acids is 1. The molecule has 0 aromatic carbocycles. The first kappa shape index (κ1) is 20.0. The van der Waals surface area contributed by atoms with Crippen molar-refractivity contribution in [3.05, 3.63) is 23.8 Å². The third kappa shape index (κ3) is 7.61. The van der Waals surface area contributed by atoms with Crippen molar-refractivity contribution in [3.63, 3.8) is 0 Å². The maximum absolute atomic E-state index is 8.00. The van der Waals surface area contributed by atoms with Crippen LogP contribution >= 0.6 is 0 Å². The molecule has 0 spiro atoms. The van der Waals surface area contributed by atoms with E-state index in [2.05, 4.69) is 23.8 Å². The highest BCUT2D eigenvalue weighted by molar-refractivity contribution is 5.11. The van der Waals surface area contributed by atoms with Gasteiger partial charge in [0.2, 0.25) is 0 Å². The number of hydrogen-bond acceptors (Lipinski definition) is 5. The molecule has 0 saturated carbocycles. The van der Waals surface area contributed by atoms with Gasteiger partial charge in [-0.15, -0.1) is 0 Å². The number of nitrogens with zero attached hydrogens (tertiary/aromatic N) is 2. The summed E-state index contributed by atoms with van der Waals surface area (Å²) in [5.41, 5.74) is 1.06. The van der Waals surface area contributed by atoms with Crippen molar-refractivity contribution in [2.75, 3.05) is 20.3 Å². The summed E-state index contributed by atoms with van der Waals surface area (Å²) in [6.07, 6.45) is 3.57. The Bertz CT molecular complexity index is 317. The minimum atomic E-state index is -0.0595. The molecular weight excluding hydrogens is 248 g/mol. The van der Waals surface area contributed by atoms with Gasteiger partial charge in [0.15, 0.2) is 5.82 Å². The zero-order chi connectivity index (χ0) is 14.0. The van der Waals surface area contributed by atoms with E-state index in [9.17, 15) is 0 Å². The van der Waals surface area contributed by atoms with Crippen LogP contribution in [0.5, 0.6) is 0 Å². The van der Waals surface area contributed by atoms with E-state index in [1.54, 1.807) is 7.11 Å². The molecule has 19 heavy (non-hydrogen) atoms.